The van der Waals surface area contributed by atoms with Crippen LogP contribution >= 0.6 is 0 Å². The lowest BCUT2D eigenvalue weighted by Crippen LogP contribution is -2.42. The molecular weight excluding hydrogens is 250 g/mol. The number of halogens is 2. The van der Waals surface area contributed by atoms with Gasteiger partial charge in [-0.25, -0.2) is 8.78 Å². The Bertz CT molecular complexity index is 440. The van der Waals surface area contributed by atoms with Gasteiger partial charge in [0, 0.05) is 7.11 Å². The molecule has 0 spiro atoms. The van der Waals surface area contributed by atoms with E-state index in [-0.39, 0.29) is 0 Å². The number of aliphatic hydroxyl groups excluding tert-OH is 1. The van der Waals surface area contributed by atoms with Gasteiger partial charge in [-0.15, -0.1) is 0 Å². The largest absolute Gasteiger partial charge is 0.385 e. The minimum Gasteiger partial charge on any atom is -0.385 e. The van der Waals surface area contributed by atoms with Gasteiger partial charge in [0.25, 0.3) is 0 Å². The first-order valence-corrected chi connectivity index (χ1v) is 6.66. The molecule has 0 aromatic heterocycles. The van der Waals surface area contributed by atoms with Gasteiger partial charge < -0.3 is 9.84 Å². The van der Waals surface area contributed by atoms with Crippen molar-refractivity contribution in [3.8, 4) is 0 Å². The molecule has 0 bridgehead atoms. The van der Waals surface area contributed by atoms with Gasteiger partial charge in [0.1, 0.15) is 6.10 Å². The minimum atomic E-state index is -0.938. The Morgan fingerprint density at radius 2 is 1.89 bits per heavy atom. The van der Waals surface area contributed by atoms with Crippen LogP contribution in [0.4, 0.5) is 8.78 Å². The molecule has 1 aliphatic carbocycles. The van der Waals surface area contributed by atoms with E-state index in [2.05, 4.69) is 6.92 Å². The molecule has 1 aliphatic rings. The fourth-order valence-electron chi connectivity index (χ4n) is 2.83. The van der Waals surface area contributed by atoms with Gasteiger partial charge in [-0.2, -0.15) is 0 Å². The smallest absolute Gasteiger partial charge is 0.159 e. The maximum absolute atomic E-state index is 13.3. The predicted octanol–water partition coefficient (Wildman–Crippen LogP) is 3.59. The van der Waals surface area contributed by atoms with E-state index < -0.39 is 23.3 Å². The maximum Gasteiger partial charge on any atom is 0.159 e. The topological polar surface area (TPSA) is 29.5 Å². The highest BCUT2D eigenvalue weighted by molar-refractivity contribution is 5.23. The summed E-state index contributed by atoms with van der Waals surface area (Å²) in [5, 5.41) is 10.5. The summed E-state index contributed by atoms with van der Waals surface area (Å²) in [7, 11) is 1.57. The van der Waals surface area contributed by atoms with Crippen LogP contribution in [0.2, 0.25) is 0 Å². The number of methoxy groups -OCH3 is 1. The fourth-order valence-corrected chi connectivity index (χ4v) is 2.83. The Balaban J connectivity index is 2.25. The van der Waals surface area contributed by atoms with Gasteiger partial charge in [0.15, 0.2) is 11.6 Å². The molecule has 0 amide bonds. The molecule has 19 heavy (non-hydrogen) atoms. The summed E-state index contributed by atoms with van der Waals surface area (Å²) >= 11 is 0. The number of rotatable bonds is 3. The molecule has 2 nitrogen and oxygen atoms in total. The van der Waals surface area contributed by atoms with E-state index in [1.54, 1.807) is 7.11 Å². The molecule has 0 heterocycles. The zero-order valence-corrected chi connectivity index (χ0v) is 11.3. The first-order chi connectivity index (χ1) is 8.98. The van der Waals surface area contributed by atoms with Crippen LogP contribution in [0.3, 0.4) is 0 Å². The fraction of sp³-hybridized carbons (Fsp3) is 0.600. The van der Waals surface area contributed by atoms with Crippen LogP contribution in [0.1, 0.15) is 44.3 Å². The molecule has 106 valence electrons. The summed E-state index contributed by atoms with van der Waals surface area (Å²) < 4.78 is 31.8. The molecule has 1 saturated carbocycles. The molecule has 1 atom stereocenters. The second-order valence-electron chi connectivity index (χ2n) is 5.53. The third-order valence-electron chi connectivity index (χ3n) is 4.28. The van der Waals surface area contributed by atoms with Crippen LogP contribution < -0.4 is 0 Å². The first kappa shape index (κ1) is 14.4. The highest BCUT2D eigenvalue weighted by atomic mass is 19.2. The first-order valence-electron chi connectivity index (χ1n) is 6.66. The van der Waals surface area contributed by atoms with Crippen LogP contribution in [0.25, 0.3) is 0 Å². The van der Waals surface area contributed by atoms with E-state index in [1.165, 1.54) is 6.07 Å². The summed E-state index contributed by atoms with van der Waals surface area (Å²) in [6.07, 6.45) is 2.46. The van der Waals surface area contributed by atoms with E-state index in [0.29, 0.717) is 11.5 Å². The van der Waals surface area contributed by atoms with Crippen LogP contribution in [-0.2, 0) is 4.74 Å². The Kier molecular flexibility index (Phi) is 4.21. The standard InChI is InChI=1S/C15H20F2O2/c1-10-5-7-15(19-2,8-6-10)14(18)11-3-4-12(16)13(17)9-11/h3-4,9-10,14,18H,5-8H2,1-2H3. The van der Waals surface area contributed by atoms with Crippen LogP contribution in [0.15, 0.2) is 18.2 Å². The number of hydrogen-bond acceptors (Lipinski definition) is 2. The van der Waals surface area contributed by atoms with Crippen molar-refractivity contribution < 1.29 is 18.6 Å². The van der Waals surface area contributed by atoms with Crippen LogP contribution in [0.5, 0.6) is 0 Å². The Morgan fingerprint density at radius 3 is 2.42 bits per heavy atom. The van der Waals surface area contributed by atoms with Gasteiger partial charge in [0.05, 0.1) is 5.60 Å². The summed E-state index contributed by atoms with van der Waals surface area (Å²) in [5.41, 5.74) is -0.313. The summed E-state index contributed by atoms with van der Waals surface area (Å²) in [4.78, 5) is 0. The van der Waals surface area contributed by atoms with E-state index in [9.17, 15) is 13.9 Å². The van der Waals surface area contributed by atoms with Gasteiger partial charge in [-0.1, -0.05) is 13.0 Å². The maximum atomic E-state index is 13.3. The van der Waals surface area contributed by atoms with Crippen LogP contribution in [-0.4, -0.2) is 17.8 Å². The quantitative estimate of drug-likeness (QED) is 0.909. The van der Waals surface area contributed by atoms with Gasteiger partial charge in [-0.05, 0) is 49.3 Å². The van der Waals surface area contributed by atoms with Crippen molar-refractivity contribution in [3.63, 3.8) is 0 Å². The lowest BCUT2D eigenvalue weighted by Gasteiger charge is -2.41. The normalized spacial score (nSPS) is 29.2. The molecule has 0 radical (unpaired) electrons. The average Bonchev–Trinajstić information content (AvgIpc) is 2.42. The van der Waals surface area contributed by atoms with Gasteiger partial charge in [0.2, 0.25) is 0 Å². The third-order valence-corrected chi connectivity index (χ3v) is 4.28. The third kappa shape index (κ3) is 2.79. The van der Waals surface area contributed by atoms with E-state index >= 15 is 0 Å². The van der Waals surface area contributed by atoms with Crippen molar-refractivity contribution in [3.05, 3.63) is 35.4 Å². The predicted molar refractivity (Wildman–Crippen MR) is 68.7 cm³/mol. The van der Waals surface area contributed by atoms with Gasteiger partial charge >= 0.3 is 0 Å². The highest BCUT2D eigenvalue weighted by Crippen LogP contribution is 2.42. The lowest BCUT2D eigenvalue weighted by molar-refractivity contribution is -0.130. The van der Waals surface area contributed by atoms with Crippen molar-refractivity contribution in [2.24, 2.45) is 5.92 Å². The Labute approximate surface area is 112 Å². The molecule has 1 aromatic carbocycles. The van der Waals surface area contributed by atoms with Crippen LogP contribution in [0, 0.1) is 17.6 Å². The van der Waals surface area contributed by atoms with E-state index in [4.69, 9.17) is 4.74 Å². The number of benzene rings is 1. The molecule has 4 heteroatoms. The van der Waals surface area contributed by atoms with Crippen molar-refractivity contribution in [1.29, 1.82) is 0 Å². The number of ether oxygens (including phenoxy) is 1. The molecule has 1 aromatic rings. The highest BCUT2D eigenvalue weighted by Gasteiger charge is 2.41. The molecule has 0 aliphatic heterocycles. The molecule has 0 saturated heterocycles. The van der Waals surface area contributed by atoms with Crippen molar-refractivity contribution in [2.75, 3.05) is 7.11 Å². The molecular formula is C15H20F2O2. The molecule has 2 rings (SSSR count). The zero-order chi connectivity index (χ0) is 14.0. The SMILES string of the molecule is COC1(C(O)c2ccc(F)c(F)c2)CCC(C)CC1. The molecule has 1 unspecified atom stereocenters. The monoisotopic (exact) mass is 270 g/mol. The van der Waals surface area contributed by atoms with Gasteiger partial charge in [-0.3, -0.25) is 0 Å². The molecule has 1 fully saturated rings. The summed E-state index contributed by atoms with van der Waals surface area (Å²) in [5.74, 6) is -1.23. The van der Waals surface area contributed by atoms with Crippen molar-refractivity contribution >= 4 is 0 Å². The number of hydrogen-bond donors (Lipinski definition) is 1. The van der Waals surface area contributed by atoms with E-state index in [1.807, 2.05) is 0 Å². The Hall–Kier alpha value is -1.00. The lowest BCUT2D eigenvalue weighted by atomic mass is 9.74. The minimum absolute atomic E-state index is 0.371. The van der Waals surface area contributed by atoms with Crippen molar-refractivity contribution in [2.45, 2.75) is 44.3 Å². The summed E-state index contributed by atoms with van der Waals surface area (Å²) in [6.45, 7) is 2.17. The molecule has 1 N–H and O–H groups in total. The van der Waals surface area contributed by atoms with Crippen molar-refractivity contribution in [1.82, 2.24) is 0 Å². The second kappa shape index (κ2) is 5.55. The second-order valence-corrected chi connectivity index (χ2v) is 5.53. The Morgan fingerprint density at radius 1 is 1.26 bits per heavy atom. The summed E-state index contributed by atoms with van der Waals surface area (Å²) in [6, 6.07) is 3.52. The average molecular weight is 270 g/mol. The number of aliphatic hydroxyl groups is 1. The van der Waals surface area contributed by atoms with E-state index in [0.717, 1.165) is 37.8 Å². The zero-order valence-electron chi connectivity index (χ0n) is 11.3.